The molecule has 0 spiro atoms. The van der Waals surface area contributed by atoms with Crippen LogP contribution in [-0.4, -0.2) is 11.6 Å². The van der Waals surface area contributed by atoms with Crippen molar-refractivity contribution in [2.24, 2.45) is 17.8 Å². The normalized spacial score (nSPS) is 32.3. The second-order valence-electron chi connectivity index (χ2n) is 5.93. The molecule has 0 aliphatic heterocycles. The summed E-state index contributed by atoms with van der Waals surface area (Å²) >= 11 is 0. The smallest absolute Gasteiger partial charge is 0.334 e. The van der Waals surface area contributed by atoms with Crippen molar-refractivity contribution >= 4 is 5.97 Å². The lowest BCUT2D eigenvalue weighted by atomic mass is 9.77. The summed E-state index contributed by atoms with van der Waals surface area (Å²) in [5.74, 6) is 7.65. The molecule has 2 aliphatic rings. The lowest BCUT2D eigenvalue weighted by Gasteiger charge is -2.35. The van der Waals surface area contributed by atoms with E-state index in [0.29, 0.717) is 17.4 Å². The highest BCUT2D eigenvalue weighted by Gasteiger charge is 2.49. The van der Waals surface area contributed by atoms with Crippen molar-refractivity contribution in [3.8, 4) is 11.8 Å². The van der Waals surface area contributed by atoms with Gasteiger partial charge in [0.15, 0.2) is 5.60 Å². The minimum Gasteiger partial charge on any atom is -0.442 e. The number of esters is 1. The van der Waals surface area contributed by atoms with Crippen molar-refractivity contribution in [2.45, 2.75) is 52.1 Å². The van der Waals surface area contributed by atoms with Crippen LogP contribution in [0.15, 0.2) is 12.2 Å². The maximum Gasteiger partial charge on any atom is 0.334 e. The molecule has 0 radical (unpaired) electrons. The van der Waals surface area contributed by atoms with Crippen LogP contribution in [0.2, 0.25) is 0 Å². The Bertz CT molecular complexity index is 426. The molecule has 2 fully saturated rings. The van der Waals surface area contributed by atoms with Crippen molar-refractivity contribution in [3.05, 3.63) is 12.2 Å². The molecule has 0 aromatic rings. The van der Waals surface area contributed by atoms with Gasteiger partial charge in [0.05, 0.1) is 0 Å². The molecular weight excluding hydrogens is 224 g/mol. The third-order valence-electron chi connectivity index (χ3n) is 4.47. The van der Waals surface area contributed by atoms with Gasteiger partial charge in [0, 0.05) is 11.5 Å². The first-order valence-electron chi connectivity index (χ1n) is 6.79. The Hall–Kier alpha value is -1.23. The van der Waals surface area contributed by atoms with E-state index in [-0.39, 0.29) is 5.97 Å². The number of fused-ring (bicyclic) bond motifs is 2. The zero-order valence-corrected chi connectivity index (χ0v) is 11.6. The predicted octanol–water partition coefficient (Wildman–Crippen LogP) is 3.32. The molecule has 2 aliphatic carbocycles. The average molecular weight is 246 g/mol. The van der Waals surface area contributed by atoms with Crippen molar-refractivity contribution in [3.63, 3.8) is 0 Å². The SMILES string of the molecule is C=C(C)C(=O)OC(C)(C#CC)C1CC2CCC1C2. The molecule has 2 nitrogen and oxygen atoms in total. The standard InChI is InChI=1S/C16H22O2/c1-5-8-16(4,18-15(17)11(2)3)14-10-12-6-7-13(14)9-12/h12-14H,2,6-7,9-10H2,1,3-4H3. The van der Waals surface area contributed by atoms with E-state index in [1.165, 1.54) is 19.3 Å². The van der Waals surface area contributed by atoms with E-state index in [1.54, 1.807) is 13.8 Å². The van der Waals surface area contributed by atoms with Gasteiger partial charge in [-0.05, 0) is 51.9 Å². The molecule has 4 atom stereocenters. The zero-order valence-electron chi connectivity index (χ0n) is 11.6. The fourth-order valence-electron chi connectivity index (χ4n) is 3.64. The number of carbonyl (C=O) groups is 1. The quantitative estimate of drug-likeness (QED) is 0.434. The van der Waals surface area contributed by atoms with Gasteiger partial charge in [-0.3, -0.25) is 0 Å². The number of hydrogen-bond acceptors (Lipinski definition) is 2. The van der Waals surface area contributed by atoms with Gasteiger partial charge >= 0.3 is 5.97 Å². The first kappa shape index (κ1) is 13.2. The number of rotatable bonds is 3. The molecule has 0 heterocycles. The molecule has 0 saturated heterocycles. The van der Waals surface area contributed by atoms with Gasteiger partial charge in [0.1, 0.15) is 0 Å². The van der Waals surface area contributed by atoms with Crippen LogP contribution < -0.4 is 0 Å². The van der Waals surface area contributed by atoms with E-state index in [1.807, 2.05) is 6.92 Å². The van der Waals surface area contributed by atoms with Crippen LogP contribution in [0.25, 0.3) is 0 Å². The Kier molecular flexibility index (Phi) is 3.52. The Morgan fingerprint density at radius 2 is 2.11 bits per heavy atom. The highest BCUT2D eigenvalue weighted by molar-refractivity contribution is 5.87. The minimum atomic E-state index is -0.634. The van der Waals surface area contributed by atoms with E-state index < -0.39 is 5.60 Å². The molecule has 2 bridgehead atoms. The summed E-state index contributed by atoms with van der Waals surface area (Å²) < 4.78 is 5.66. The molecule has 0 aromatic carbocycles. The molecule has 2 heteroatoms. The van der Waals surface area contributed by atoms with Crippen LogP contribution in [-0.2, 0) is 9.53 Å². The summed E-state index contributed by atoms with van der Waals surface area (Å²) in [6, 6.07) is 0. The maximum absolute atomic E-state index is 11.8. The van der Waals surface area contributed by atoms with Crippen LogP contribution in [0, 0.1) is 29.6 Å². The lowest BCUT2D eigenvalue weighted by molar-refractivity contribution is -0.153. The van der Waals surface area contributed by atoms with Gasteiger partial charge < -0.3 is 4.74 Å². The second-order valence-corrected chi connectivity index (χ2v) is 5.93. The average Bonchev–Trinajstić information content (AvgIpc) is 2.90. The summed E-state index contributed by atoms with van der Waals surface area (Å²) in [4.78, 5) is 11.8. The highest BCUT2D eigenvalue weighted by atomic mass is 16.6. The fourth-order valence-corrected chi connectivity index (χ4v) is 3.64. The molecule has 0 amide bonds. The lowest BCUT2D eigenvalue weighted by Crippen LogP contribution is -2.41. The van der Waals surface area contributed by atoms with Gasteiger partial charge in [-0.25, -0.2) is 4.79 Å². The van der Waals surface area contributed by atoms with Gasteiger partial charge in [0.25, 0.3) is 0 Å². The topological polar surface area (TPSA) is 26.3 Å². The molecular formula is C16H22O2. The molecule has 18 heavy (non-hydrogen) atoms. The van der Waals surface area contributed by atoms with Crippen molar-refractivity contribution in [1.29, 1.82) is 0 Å². The van der Waals surface area contributed by atoms with Gasteiger partial charge in [-0.1, -0.05) is 18.9 Å². The largest absolute Gasteiger partial charge is 0.442 e. The van der Waals surface area contributed by atoms with Crippen LogP contribution in [0.5, 0.6) is 0 Å². The van der Waals surface area contributed by atoms with Gasteiger partial charge in [0.2, 0.25) is 0 Å². The monoisotopic (exact) mass is 246 g/mol. The second kappa shape index (κ2) is 4.80. The molecule has 0 N–H and O–H groups in total. The molecule has 98 valence electrons. The molecule has 2 rings (SSSR count). The van der Waals surface area contributed by atoms with Gasteiger partial charge in [-0.15, -0.1) is 5.92 Å². The Morgan fingerprint density at radius 3 is 2.56 bits per heavy atom. The van der Waals surface area contributed by atoms with E-state index in [0.717, 1.165) is 12.3 Å². The van der Waals surface area contributed by atoms with Crippen molar-refractivity contribution in [2.75, 3.05) is 0 Å². The third-order valence-corrected chi connectivity index (χ3v) is 4.47. The first-order chi connectivity index (χ1) is 8.46. The van der Waals surface area contributed by atoms with E-state index in [9.17, 15) is 4.79 Å². The number of carbonyl (C=O) groups excluding carboxylic acids is 1. The summed E-state index contributed by atoms with van der Waals surface area (Å²) in [5.41, 5.74) is -0.188. The summed E-state index contributed by atoms with van der Waals surface area (Å²) in [6.07, 6.45) is 5.04. The van der Waals surface area contributed by atoms with Crippen molar-refractivity contribution < 1.29 is 9.53 Å². The Morgan fingerprint density at radius 1 is 1.39 bits per heavy atom. The highest BCUT2D eigenvalue weighted by Crippen LogP contribution is 2.52. The number of hydrogen-bond donors (Lipinski definition) is 0. The molecule has 4 unspecified atom stereocenters. The summed E-state index contributed by atoms with van der Waals surface area (Å²) in [7, 11) is 0. The zero-order chi connectivity index (χ0) is 13.3. The van der Waals surface area contributed by atoms with E-state index in [2.05, 4.69) is 18.4 Å². The summed E-state index contributed by atoms with van der Waals surface area (Å²) in [6.45, 7) is 9.11. The van der Waals surface area contributed by atoms with Gasteiger partial charge in [-0.2, -0.15) is 0 Å². The van der Waals surface area contributed by atoms with Crippen LogP contribution in [0.4, 0.5) is 0 Å². The number of ether oxygens (including phenoxy) is 1. The summed E-state index contributed by atoms with van der Waals surface area (Å²) in [5, 5.41) is 0. The van der Waals surface area contributed by atoms with Crippen LogP contribution in [0.3, 0.4) is 0 Å². The predicted molar refractivity (Wildman–Crippen MR) is 71.7 cm³/mol. The van der Waals surface area contributed by atoms with E-state index >= 15 is 0 Å². The third kappa shape index (κ3) is 2.32. The first-order valence-corrected chi connectivity index (χ1v) is 6.79. The van der Waals surface area contributed by atoms with Crippen molar-refractivity contribution in [1.82, 2.24) is 0 Å². The molecule has 2 saturated carbocycles. The minimum absolute atomic E-state index is 0.317. The Balaban J connectivity index is 2.18. The maximum atomic E-state index is 11.8. The van der Waals surface area contributed by atoms with E-state index in [4.69, 9.17) is 4.74 Å². The Labute approximate surface area is 110 Å². The fraction of sp³-hybridized carbons (Fsp3) is 0.688. The van der Waals surface area contributed by atoms with Crippen LogP contribution >= 0.6 is 0 Å². The molecule has 0 aromatic heterocycles. The van der Waals surface area contributed by atoms with Crippen LogP contribution in [0.1, 0.15) is 46.5 Å².